The Morgan fingerprint density at radius 1 is 1.09 bits per heavy atom. The predicted octanol–water partition coefficient (Wildman–Crippen LogP) is 3.87. The highest BCUT2D eigenvalue weighted by Crippen LogP contribution is 2.39. The van der Waals surface area contributed by atoms with Crippen molar-refractivity contribution in [3.05, 3.63) is 65.7 Å². The van der Waals surface area contributed by atoms with Crippen LogP contribution in [0.2, 0.25) is 0 Å². The zero-order valence-electron chi connectivity index (χ0n) is 14.3. The van der Waals surface area contributed by atoms with Crippen molar-refractivity contribution in [1.29, 1.82) is 0 Å². The Hall–Kier alpha value is -2.13. The van der Waals surface area contributed by atoms with Gasteiger partial charge in [-0.1, -0.05) is 55.5 Å². The van der Waals surface area contributed by atoms with Gasteiger partial charge in [-0.25, -0.2) is 0 Å². The number of nitrogens with zero attached hydrogens (tertiary/aromatic N) is 1. The van der Waals surface area contributed by atoms with Gasteiger partial charge in [0.05, 0.1) is 5.41 Å². The van der Waals surface area contributed by atoms with Crippen LogP contribution in [0.4, 0.5) is 0 Å². The van der Waals surface area contributed by atoms with Gasteiger partial charge in [0, 0.05) is 5.56 Å². The number of para-hydroxylation sites is 1. The van der Waals surface area contributed by atoms with Crippen LogP contribution < -0.4 is 4.74 Å². The Morgan fingerprint density at radius 3 is 2.26 bits per heavy atom. The van der Waals surface area contributed by atoms with Gasteiger partial charge < -0.3 is 9.53 Å². The molecular weight excluding hydrogens is 286 g/mol. The summed E-state index contributed by atoms with van der Waals surface area (Å²) in [4.78, 5) is 14.2. The minimum Gasteiger partial charge on any atom is -0.475 e. The molecule has 0 saturated heterocycles. The Kier molecular flexibility index (Phi) is 5.56. The largest absolute Gasteiger partial charge is 0.475 e. The van der Waals surface area contributed by atoms with E-state index in [1.165, 1.54) is 0 Å². The summed E-state index contributed by atoms with van der Waals surface area (Å²) in [5.41, 5.74) is 1.22. The van der Waals surface area contributed by atoms with E-state index in [9.17, 15) is 4.79 Å². The molecule has 2 aromatic rings. The van der Waals surface area contributed by atoms with Crippen LogP contribution in [0.5, 0.6) is 5.75 Å². The number of carbonyl (C=O) groups is 1. The third kappa shape index (κ3) is 3.45. The molecule has 3 heteroatoms. The summed E-state index contributed by atoms with van der Waals surface area (Å²) in [5.74, 6) is 0.756. The van der Waals surface area contributed by atoms with E-state index in [-0.39, 0.29) is 6.23 Å². The smallest absolute Gasteiger partial charge is 0.149 e. The zero-order chi connectivity index (χ0) is 16.9. The fourth-order valence-corrected chi connectivity index (χ4v) is 2.73. The van der Waals surface area contributed by atoms with Crippen LogP contribution in [0, 0.1) is 0 Å². The van der Waals surface area contributed by atoms with Gasteiger partial charge in [0.25, 0.3) is 0 Å². The molecule has 23 heavy (non-hydrogen) atoms. The second kappa shape index (κ2) is 7.42. The van der Waals surface area contributed by atoms with Crippen molar-refractivity contribution >= 4 is 6.29 Å². The van der Waals surface area contributed by atoms with E-state index in [1.54, 1.807) is 0 Å². The first-order chi connectivity index (χ1) is 11.0. The van der Waals surface area contributed by atoms with E-state index in [0.717, 1.165) is 23.2 Å². The van der Waals surface area contributed by atoms with Crippen LogP contribution in [0.3, 0.4) is 0 Å². The summed E-state index contributed by atoms with van der Waals surface area (Å²) in [6.07, 6.45) is 1.65. The fraction of sp³-hybridized carbons (Fsp3) is 0.350. The van der Waals surface area contributed by atoms with E-state index < -0.39 is 5.41 Å². The lowest BCUT2D eigenvalue weighted by Crippen LogP contribution is -2.33. The van der Waals surface area contributed by atoms with Crippen LogP contribution >= 0.6 is 0 Å². The molecule has 0 bridgehead atoms. The summed E-state index contributed by atoms with van der Waals surface area (Å²) in [5, 5.41) is 0. The van der Waals surface area contributed by atoms with E-state index >= 15 is 0 Å². The quantitative estimate of drug-likeness (QED) is 0.574. The molecule has 0 heterocycles. The van der Waals surface area contributed by atoms with Gasteiger partial charge in [0.1, 0.15) is 18.3 Å². The maximum atomic E-state index is 12.2. The van der Waals surface area contributed by atoms with Crippen LogP contribution in [-0.4, -0.2) is 31.5 Å². The standard InChI is InChI=1S/C20H25NO2/c1-5-20(15-22,17-11-7-6-8-12-17)18-13-9-10-14-19(18)23-16(2)21(3)4/h6-16H,5H2,1-4H3. The van der Waals surface area contributed by atoms with E-state index in [0.29, 0.717) is 6.42 Å². The molecule has 3 nitrogen and oxygen atoms in total. The fourth-order valence-electron chi connectivity index (χ4n) is 2.73. The normalized spacial score (nSPS) is 15.0. The highest BCUT2D eigenvalue weighted by Gasteiger charge is 2.35. The molecule has 0 amide bonds. The molecule has 0 spiro atoms. The first-order valence-electron chi connectivity index (χ1n) is 7.99. The monoisotopic (exact) mass is 311 g/mol. The number of carbonyl (C=O) groups excluding carboxylic acids is 1. The van der Waals surface area contributed by atoms with Crippen molar-refractivity contribution in [2.45, 2.75) is 31.9 Å². The van der Waals surface area contributed by atoms with Crippen molar-refractivity contribution in [2.75, 3.05) is 14.1 Å². The number of ether oxygens (including phenoxy) is 1. The molecule has 0 radical (unpaired) electrons. The van der Waals surface area contributed by atoms with Crippen molar-refractivity contribution < 1.29 is 9.53 Å². The van der Waals surface area contributed by atoms with Crippen LogP contribution in [-0.2, 0) is 10.2 Å². The molecule has 0 aliphatic heterocycles. The Labute approximate surface area is 138 Å². The third-order valence-corrected chi connectivity index (χ3v) is 4.44. The number of rotatable bonds is 7. The van der Waals surface area contributed by atoms with Gasteiger partial charge in [-0.05, 0) is 39.1 Å². The number of hydrogen-bond donors (Lipinski definition) is 0. The van der Waals surface area contributed by atoms with Gasteiger partial charge in [0.2, 0.25) is 0 Å². The molecule has 0 N–H and O–H groups in total. The number of aldehydes is 1. The molecule has 2 aromatic carbocycles. The lowest BCUT2D eigenvalue weighted by molar-refractivity contribution is -0.111. The molecule has 2 unspecified atom stereocenters. The van der Waals surface area contributed by atoms with Crippen molar-refractivity contribution in [3.63, 3.8) is 0 Å². The third-order valence-electron chi connectivity index (χ3n) is 4.44. The van der Waals surface area contributed by atoms with Gasteiger partial charge in [-0.3, -0.25) is 4.90 Å². The summed E-state index contributed by atoms with van der Waals surface area (Å²) < 4.78 is 6.11. The first-order valence-corrected chi connectivity index (χ1v) is 7.99. The van der Waals surface area contributed by atoms with Crippen LogP contribution in [0.1, 0.15) is 31.4 Å². The van der Waals surface area contributed by atoms with Crippen molar-refractivity contribution in [1.82, 2.24) is 4.90 Å². The molecule has 2 rings (SSSR count). The minimum absolute atomic E-state index is 0.0758. The molecule has 2 atom stereocenters. The molecule has 122 valence electrons. The van der Waals surface area contributed by atoms with Crippen molar-refractivity contribution in [2.24, 2.45) is 0 Å². The lowest BCUT2D eigenvalue weighted by atomic mass is 9.73. The van der Waals surface area contributed by atoms with Gasteiger partial charge in [0.15, 0.2) is 0 Å². The Bertz CT molecular complexity index is 639. The Morgan fingerprint density at radius 2 is 1.70 bits per heavy atom. The summed E-state index contributed by atoms with van der Waals surface area (Å²) >= 11 is 0. The summed E-state index contributed by atoms with van der Waals surface area (Å²) in [7, 11) is 3.94. The second-order valence-electron chi connectivity index (χ2n) is 5.99. The van der Waals surface area contributed by atoms with Crippen molar-refractivity contribution in [3.8, 4) is 5.75 Å². The summed E-state index contributed by atoms with van der Waals surface area (Å²) in [6, 6.07) is 17.7. The average Bonchev–Trinajstić information content (AvgIpc) is 2.58. The Balaban J connectivity index is 2.55. The van der Waals surface area contributed by atoms with E-state index in [1.807, 2.05) is 87.4 Å². The topological polar surface area (TPSA) is 29.5 Å². The van der Waals surface area contributed by atoms with E-state index in [2.05, 4.69) is 0 Å². The molecule has 0 saturated carbocycles. The molecule has 0 aromatic heterocycles. The predicted molar refractivity (Wildman–Crippen MR) is 93.8 cm³/mol. The first kappa shape index (κ1) is 17.2. The number of benzene rings is 2. The van der Waals surface area contributed by atoms with Gasteiger partial charge in [-0.2, -0.15) is 0 Å². The van der Waals surface area contributed by atoms with E-state index in [4.69, 9.17) is 4.74 Å². The van der Waals surface area contributed by atoms with Gasteiger partial charge >= 0.3 is 0 Å². The van der Waals surface area contributed by atoms with Crippen LogP contribution in [0.15, 0.2) is 54.6 Å². The average molecular weight is 311 g/mol. The number of hydrogen-bond acceptors (Lipinski definition) is 3. The van der Waals surface area contributed by atoms with Gasteiger partial charge in [-0.15, -0.1) is 0 Å². The highest BCUT2D eigenvalue weighted by molar-refractivity contribution is 5.76. The summed E-state index contributed by atoms with van der Waals surface area (Å²) in [6.45, 7) is 4.03. The maximum Gasteiger partial charge on any atom is 0.149 e. The maximum absolute atomic E-state index is 12.2. The zero-order valence-corrected chi connectivity index (χ0v) is 14.3. The highest BCUT2D eigenvalue weighted by atomic mass is 16.5. The SMILES string of the molecule is CCC(C=O)(c1ccccc1)c1ccccc1OC(C)N(C)C. The lowest BCUT2D eigenvalue weighted by Gasteiger charge is -2.31. The minimum atomic E-state index is -0.691. The van der Waals surface area contributed by atoms with Crippen LogP contribution in [0.25, 0.3) is 0 Å². The molecule has 0 aliphatic carbocycles. The second-order valence-corrected chi connectivity index (χ2v) is 5.99. The molecule has 0 fully saturated rings. The molecular formula is C20H25NO2. The molecule has 0 aliphatic rings.